The largest absolute Gasteiger partial charge is 0.495 e. The third-order valence-corrected chi connectivity index (χ3v) is 5.62. The summed E-state index contributed by atoms with van der Waals surface area (Å²) in [5.41, 5.74) is 6.15. The highest BCUT2D eigenvalue weighted by Gasteiger charge is 2.30. The Bertz CT molecular complexity index is 583. The molecule has 1 unspecified atom stereocenters. The molecule has 1 aliphatic heterocycles. The average molecular weight is 314 g/mol. The van der Waals surface area contributed by atoms with E-state index in [1.165, 1.54) is 23.5 Å². The van der Waals surface area contributed by atoms with Crippen molar-refractivity contribution in [2.24, 2.45) is 5.92 Å². The van der Waals surface area contributed by atoms with Gasteiger partial charge in [0, 0.05) is 31.5 Å². The van der Waals surface area contributed by atoms with Crippen LogP contribution in [0.5, 0.6) is 5.75 Å². The molecular weight excluding hydrogens is 292 g/mol. The maximum Gasteiger partial charge on any atom is 0.246 e. The fourth-order valence-corrected chi connectivity index (χ4v) is 4.11. The molecule has 1 fully saturated rings. The van der Waals surface area contributed by atoms with Crippen LogP contribution in [0.15, 0.2) is 23.1 Å². The van der Waals surface area contributed by atoms with Crippen molar-refractivity contribution in [3.63, 3.8) is 0 Å². The summed E-state index contributed by atoms with van der Waals surface area (Å²) in [7, 11) is -2.16. The number of anilines is 1. The molecule has 1 saturated heterocycles. The van der Waals surface area contributed by atoms with Gasteiger partial charge in [0.2, 0.25) is 10.0 Å². The molecule has 21 heavy (non-hydrogen) atoms. The van der Waals surface area contributed by atoms with Crippen molar-refractivity contribution in [2.75, 3.05) is 39.1 Å². The van der Waals surface area contributed by atoms with Gasteiger partial charge in [-0.25, -0.2) is 8.42 Å². The molecule has 1 atom stereocenters. The van der Waals surface area contributed by atoms with Crippen LogP contribution >= 0.6 is 0 Å². The Morgan fingerprint density at radius 3 is 2.81 bits per heavy atom. The predicted octanol–water partition coefficient (Wildman–Crippen LogP) is 1.32. The highest BCUT2D eigenvalue weighted by molar-refractivity contribution is 7.89. The van der Waals surface area contributed by atoms with Gasteiger partial charge < -0.3 is 15.2 Å². The van der Waals surface area contributed by atoms with Crippen LogP contribution in [-0.2, 0) is 14.8 Å². The van der Waals surface area contributed by atoms with Crippen LogP contribution in [0.3, 0.4) is 0 Å². The molecule has 118 valence electrons. The van der Waals surface area contributed by atoms with Crippen LogP contribution in [0, 0.1) is 5.92 Å². The SMILES string of the molecule is CCN(CC1CCOC1)S(=O)(=O)c1ccc(N)cc1OC. The lowest BCUT2D eigenvalue weighted by Gasteiger charge is -2.24. The standard InChI is InChI=1S/C14H22N2O4S/c1-3-16(9-11-6-7-20-10-11)21(17,18)14-5-4-12(15)8-13(14)19-2/h4-5,8,11H,3,6-7,9-10,15H2,1-2H3. The van der Waals surface area contributed by atoms with E-state index in [-0.39, 0.29) is 16.6 Å². The molecular formula is C14H22N2O4S. The molecule has 0 spiro atoms. The van der Waals surface area contributed by atoms with Crippen molar-refractivity contribution in [2.45, 2.75) is 18.2 Å². The second-order valence-corrected chi connectivity index (χ2v) is 7.00. The van der Waals surface area contributed by atoms with Crippen LogP contribution in [-0.4, -0.2) is 46.1 Å². The van der Waals surface area contributed by atoms with Crippen molar-refractivity contribution < 1.29 is 17.9 Å². The summed E-state index contributed by atoms with van der Waals surface area (Å²) in [5, 5.41) is 0. The van der Waals surface area contributed by atoms with Gasteiger partial charge in [0.05, 0.1) is 13.7 Å². The van der Waals surface area contributed by atoms with Crippen LogP contribution in [0.2, 0.25) is 0 Å². The van der Waals surface area contributed by atoms with E-state index in [2.05, 4.69) is 0 Å². The Hall–Kier alpha value is -1.31. The lowest BCUT2D eigenvalue weighted by atomic mass is 10.1. The fourth-order valence-electron chi connectivity index (χ4n) is 2.45. The maximum atomic E-state index is 12.8. The fraction of sp³-hybridized carbons (Fsp3) is 0.571. The minimum atomic E-state index is -3.60. The van der Waals surface area contributed by atoms with E-state index in [0.717, 1.165) is 6.42 Å². The number of nitrogens with two attached hydrogens (primary N) is 1. The molecule has 0 amide bonds. The molecule has 2 N–H and O–H groups in total. The third-order valence-electron chi connectivity index (χ3n) is 3.64. The molecule has 0 aliphatic carbocycles. The zero-order valence-electron chi connectivity index (χ0n) is 12.4. The first kappa shape index (κ1) is 16.1. The van der Waals surface area contributed by atoms with Gasteiger partial charge in [0.1, 0.15) is 10.6 Å². The van der Waals surface area contributed by atoms with Crippen molar-refractivity contribution in [3.05, 3.63) is 18.2 Å². The molecule has 1 aromatic rings. The lowest BCUT2D eigenvalue weighted by Crippen LogP contribution is -2.35. The van der Waals surface area contributed by atoms with Crippen LogP contribution in [0.4, 0.5) is 5.69 Å². The van der Waals surface area contributed by atoms with E-state index in [1.807, 2.05) is 6.92 Å². The highest BCUT2D eigenvalue weighted by Crippen LogP contribution is 2.29. The first-order chi connectivity index (χ1) is 9.98. The minimum Gasteiger partial charge on any atom is -0.495 e. The van der Waals surface area contributed by atoms with E-state index in [1.54, 1.807) is 6.07 Å². The number of sulfonamides is 1. The van der Waals surface area contributed by atoms with Gasteiger partial charge in [0.25, 0.3) is 0 Å². The summed E-state index contributed by atoms with van der Waals surface area (Å²) in [6.07, 6.45) is 0.894. The summed E-state index contributed by atoms with van der Waals surface area (Å²) in [6.45, 7) is 4.02. The van der Waals surface area contributed by atoms with E-state index >= 15 is 0 Å². The van der Waals surface area contributed by atoms with E-state index in [4.69, 9.17) is 15.2 Å². The molecule has 1 aliphatic rings. The lowest BCUT2D eigenvalue weighted by molar-refractivity contribution is 0.180. The molecule has 1 heterocycles. The number of nitrogens with zero attached hydrogens (tertiary/aromatic N) is 1. The number of benzene rings is 1. The average Bonchev–Trinajstić information content (AvgIpc) is 2.97. The van der Waals surface area contributed by atoms with Gasteiger partial charge in [-0.05, 0) is 24.5 Å². The molecule has 0 saturated carbocycles. The number of nitrogen functional groups attached to an aromatic ring is 1. The Kier molecular flexibility index (Phi) is 5.08. The minimum absolute atomic E-state index is 0.153. The Labute approximate surface area is 125 Å². The smallest absolute Gasteiger partial charge is 0.246 e. The molecule has 7 heteroatoms. The first-order valence-corrected chi connectivity index (χ1v) is 8.44. The van der Waals surface area contributed by atoms with Gasteiger partial charge in [-0.15, -0.1) is 0 Å². The van der Waals surface area contributed by atoms with Crippen molar-refractivity contribution in [1.82, 2.24) is 4.31 Å². The number of methoxy groups -OCH3 is 1. The third kappa shape index (κ3) is 3.48. The Morgan fingerprint density at radius 1 is 1.48 bits per heavy atom. The van der Waals surface area contributed by atoms with Gasteiger partial charge >= 0.3 is 0 Å². The molecule has 2 rings (SSSR count). The zero-order valence-corrected chi connectivity index (χ0v) is 13.2. The van der Waals surface area contributed by atoms with E-state index in [0.29, 0.717) is 32.0 Å². The van der Waals surface area contributed by atoms with Gasteiger partial charge in [-0.2, -0.15) is 4.31 Å². The second kappa shape index (κ2) is 6.64. The topological polar surface area (TPSA) is 81.9 Å². The summed E-state index contributed by atoms with van der Waals surface area (Å²) in [6, 6.07) is 4.60. The quantitative estimate of drug-likeness (QED) is 0.801. The first-order valence-electron chi connectivity index (χ1n) is 7.00. The number of hydrogen-bond donors (Lipinski definition) is 1. The van der Waals surface area contributed by atoms with Gasteiger partial charge in [-0.1, -0.05) is 6.92 Å². The van der Waals surface area contributed by atoms with Gasteiger partial charge in [-0.3, -0.25) is 0 Å². The van der Waals surface area contributed by atoms with Crippen LogP contribution in [0.1, 0.15) is 13.3 Å². The Balaban J connectivity index is 2.30. The summed E-state index contributed by atoms with van der Waals surface area (Å²) in [5.74, 6) is 0.524. The number of hydrogen-bond acceptors (Lipinski definition) is 5. The molecule has 6 nitrogen and oxygen atoms in total. The zero-order chi connectivity index (χ0) is 15.5. The van der Waals surface area contributed by atoms with Gasteiger partial charge in [0.15, 0.2) is 0 Å². The van der Waals surface area contributed by atoms with E-state index < -0.39 is 10.0 Å². The normalized spacial score (nSPS) is 19.1. The van der Waals surface area contributed by atoms with Crippen LogP contribution in [0.25, 0.3) is 0 Å². The molecule has 0 radical (unpaired) electrons. The molecule has 0 aromatic heterocycles. The summed E-state index contributed by atoms with van der Waals surface area (Å²) >= 11 is 0. The van der Waals surface area contributed by atoms with Crippen molar-refractivity contribution >= 4 is 15.7 Å². The molecule has 1 aromatic carbocycles. The van der Waals surface area contributed by atoms with Crippen molar-refractivity contribution in [1.29, 1.82) is 0 Å². The maximum absolute atomic E-state index is 12.8. The number of ether oxygens (including phenoxy) is 2. The highest BCUT2D eigenvalue weighted by atomic mass is 32.2. The molecule has 0 bridgehead atoms. The Morgan fingerprint density at radius 2 is 2.24 bits per heavy atom. The van der Waals surface area contributed by atoms with Crippen molar-refractivity contribution in [3.8, 4) is 5.75 Å². The van der Waals surface area contributed by atoms with Crippen LogP contribution < -0.4 is 10.5 Å². The predicted molar refractivity (Wildman–Crippen MR) is 80.8 cm³/mol. The van der Waals surface area contributed by atoms with E-state index in [9.17, 15) is 8.42 Å². The summed E-state index contributed by atoms with van der Waals surface area (Å²) < 4.78 is 37.6. The summed E-state index contributed by atoms with van der Waals surface area (Å²) in [4.78, 5) is 0.153. The number of rotatable bonds is 6. The monoisotopic (exact) mass is 314 g/mol. The second-order valence-electron chi connectivity index (χ2n) is 5.10.